The van der Waals surface area contributed by atoms with E-state index in [1.165, 1.54) is 0 Å². The molecule has 1 saturated heterocycles. The predicted octanol–water partition coefficient (Wildman–Crippen LogP) is -0.270. The molecule has 1 aromatic rings. The number of likely N-dealkylation sites (tertiary alicyclic amines) is 1. The second-order valence-corrected chi connectivity index (χ2v) is 5.81. The largest absolute Gasteiger partial charge is 0.355 e. The molecule has 0 aromatic heterocycles. The highest BCUT2D eigenvalue weighted by molar-refractivity contribution is 5.96. The number of nitrogens with one attached hydrogen (secondary N) is 2. The van der Waals surface area contributed by atoms with E-state index in [0.29, 0.717) is 31.7 Å². The molecule has 1 heterocycles. The number of hydrogen-bond acceptors (Lipinski definition) is 4. The highest BCUT2D eigenvalue weighted by atomic mass is 16.2. The normalized spacial score (nSPS) is 17.2. The first kappa shape index (κ1) is 17.9. The minimum Gasteiger partial charge on any atom is -0.355 e. The first-order valence-corrected chi connectivity index (χ1v) is 8.20. The monoisotopic (exact) mass is 332 g/mol. The van der Waals surface area contributed by atoms with Crippen molar-refractivity contribution in [1.29, 1.82) is 0 Å². The number of carbonyl (C=O) groups excluding carboxylic acids is 3. The molecular formula is C17H24N4O3. The van der Waals surface area contributed by atoms with Crippen LogP contribution in [0.25, 0.3) is 0 Å². The quantitative estimate of drug-likeness (QED) is 0.667. The summed E-state index contributed by atoms with van der Waals surface area (Å²) >= 11 is 0. The van der Waals surface area contributed by atoms with Crippen molar-refractivity contribution in [3.05, 3.63) is 35.9 Å². The van der Waals surface area contributed by atoms with Crippen LogP contribution in [0.4, 0.5) is 0 Å². The summed E-state index contributed by atoms with van der Waals surface area (Å²) in [4.78, 5) is 37.9. The Morgan fingerprint density at radius 2 is 1.92 bits per heavy atom. The van der Waals surface area contributed by atoms with Gasteiger partial charge in [-0.25, -0.2) is 0 Å². The lowest BCUT2D eigenvalue weighted by Gasteiger charge is -2.32. The summed E-state index contributed by atoms with van der Waals surface area (Å²) in [5, 5.41) is 5.39. The zero-order chi connectivity index (χ0) is 17.4. The highest BCUT2D eigenvalue weighted by Gasteiger charge is 2.28. The molecule has 3 amide bonds. The van der Waals surface area contributed by atoms with Gasteiger partial charge in [0.1, 0.15) is 0 Å². The van der Waals surface area contributed by atoms with E-state index >= 15 is 0 Å². The molecule has 130 valence electrons. The molecule has 0 bridgehead atoms. The van der Waals surface area contributed by atoms with Crippen LogP contribution in [0.5, 0.6) is 0 Å². The van der Waals surface area contributed by atoms with Crippen LogP contribution in [0.3, 0.4) is 0 Å². The Bertz CT molecular complexity index is 576. The molecule has 2 rings (SSSR count). The van der Waals surface area contributed by atoms with Crippen molar-refractivity contribution in [1.82, 2.24) is 15.5 Å². The van der Waals surface area contributed by atoms with Crippen LogP contribution >= 0.6 is 0 Å². The van der Waals surface area contributed by atoms with Gasteiger partial charge >= 0.3 is 0 Å². The molecule has 1 atom stereocenters. The summed E-state index contributed by atoms with van der Waals surface area (Å²) in [5.74, 6) is -0.723. The fraction of sp³-hybridized carbons (Fsp3) is 0.471. The summed E-state index contributed by atoms with van der Waals surface area (Å²) in [5.41, 5.74) is 5.89. The maximum atomic E-state index is 12.3. The van der Waals surface area contributed by atoms with E-state index in [0.717, 1.165) is 12.8 Å². The summed E-state index contributed by atoms with van der Waals surface area (Å²) in [7, 11) is 0. The molecule has 7 heteroatoms. The van der Waals surface area contributed by atoms with Gasteiger partial charge < -0.3 is 21.3 Å². The Morgan fingerprint density at radius 3 is 2.62 bits per heavy atom. The van der Waals surface area contributed by atoms with Crippen LogP contribution in [0.1, 0.15) is 23.2 Å². The zero-order valence-electron chi connectivity index (χ0n) is 13.7. The third-order valence-corrected chi connectivity index (χ3v) is 4.02. The molecule has 1 unspecified atom stereocenters. The van der Waals surface area contributed by atoms with Crippen molar-refractivity contribution >= 4 is 17.7 Å². The van der Waals surface area contributed by atoms with Gasteiger partial charge in [-0.3, -0.25) is 14.4 Å². The molecule has 1 aromatic carbocycles. The first-order valence-electron chi connectivity index (χ1n) is 8.20. The zero-order valence-corrected chi connectivity index (χ0v) is 13.7. The maximum absolute atomic E-state index is 12.3. The van der Waals surface area contributed by atoms with Crippen LogP contribution in [-0.2, 0) is 9.59 Å². The van der Waals surface area contributed by atoms with E-state index in [-0.39, 0.29) is 30.2 Å². The third kappa shape index (κ3) is 5.06. The Labute approximate surface area is 141 Å². The fourth-order valence-corrected chi connectivity index (χ4v) is 2.72. The van der Waals surface area contributed by atoms with Crippen LogP contribution in [0.15, 0.2) is 30.3 Å². The van der Waals surface area contributed by atoms with Crippen LogP contribution in [-0.4, -0.2) is 55.3 Å². The van der Waals surface area contributed by atoms with Crippen molar-refractivity contribution < 1.29 is 14.4 Å². The van der Waals surface area contributed by atoms with Crippen molar-refractivity contribution in [3.63, 3.8) is 0 Å². The molecule has 1 fully saturated rings. The standard InChI is InChI=1S/C17H24N4O3/c18-8-9-19-17(24)14-7-4-10-21(12-14)15(22)11-20-16(23)13-5-2-1-3-6-13/h1-3,5-6,14H,4,7-12,18H2,(H,19,24)(H,20,23). The summed E-state index contributed by atoms with van der Waals surface area (Å²) in [6.45, 7) is 1.77. The van der Waals surface area contributed by atoms with Gasteiger partial charge in [0.2, 0.25) is 11.8 Å². The Balaban J connectivity index is 1.81. The summed E-state index contributed by atoms with van der Waals surface area (Å²) in [6, 6.07) is 8.75. The molecule has 0 aliphatic carbocycles. The topological polar surface area (TPSA) is 105 Å². The Morgan fingerprint density at radius 1 is 1.17 bits per heavy atom. The second-order valence-electron chi connectivity index (χ2n) is 5.81. The van der Waals surface area contributed by atoms with Crippen LogP contribution < -0.4 is 16.4 Å². The van der Waals surface area contributed by atoms with Crippen LogP contribution in [0, 0.1) is 5.92 Å². The lowest BCUT2D eigenvalue weighted by Crippen LogP contribution is -2.48. The number of nitrogens with two attached hydrogens (primary N) is 1. The lowest BCUT2D eigenvalue weighted by atomic mass is 9.97. The molecule has 24 heavy (non-hydrogen) atoms. The van der Waals surface area contributed by atoms with E-state index in [1.807, 2.05) is 6.07 Å². The van der Waals surface area contributed by atoms with Crippen molar-refractivity contribution in [3.8, 4) is 0 Å². The minimum atomic E-state index is -0.279. The van der Waals surface area contributed by atoms with Gasteiger partial charge in [-0.2, -0.15) is 0 Å². The summed E-state index contributed by atoms with van der Waals surface area (Å²) < 4.78 is 0. The Hall–Kier alpha value is -2.41. The van der Waals surface area contributed by atoms with E-state index in [2.05, 4.69) is 10.6 Å². The average Bonchev–Trinajstić information content (AvgIpc) is 2.64. The van der Waals surface area contributed by atoms with Gasteiger partial charge in [-0.05, 0) is 25.0 Å². The van der Waals surface area contributed by atoms with Crippen molar-refractivity contribution in [2.75, 3.05) is 32.7 Å². The van der Waals surface area contributed by atoms with Crippen LogP contribution in [0.2, 0.25) is 0 Å². The van der Waals surface area contributed by atoms with Gasteiger partial charge in [0.25, 0.3) is 5.91 Å². The molecular weight excluding hydrogens is 308 g/mol. The number of carbonyl (C=O) groups is 3. The van der Waals surface area contributed by atoms with E-state index in [4.69, 9.17) is 5.73 Å². The molecule has 7 nitrogen and oxygen atoms in total. The van der Waals surface area contributed by atoms with Crippen molar-refractivity contribution in [2.24, 2.45) is 11.7 Å². The second kappa shape index (κ2) is 9.02. The van der Waals surface area contributed by atoms with Crippen molar-refractivity contribution in [2.45, 2.75) is 12.8 Å². The molecule has 0 saturated carbocycles. The number of nitrogens with zero attached hydrogens (tertiary/aromatic N) is 1. The number of hydrogen-bond donors (Lipinski definition) is 3. The minimum absolute atomic E-state index is 0.0636. The molecule has 0 spiro atoms. The van der Waals surface area contributed by atoms with Gasteiger partial charge in [0.05, 0.1) is 12.5 Å². The van der Waals surface area contributed by atoms with Gasteiger partial charge in [-0.1, -0.05) is 18.2 Å². The van der Waals surface area contributed by atoms with Gasteiger partial charge in [0.15, 0.2) is 0 Å². The molecule has 1 aliphatic heterocycles. The Kier molecular flexibility index (Phi) is 6.74. The van der Waals surface area contributed by atoms with Gasteiger partial charge in [0, 0.05) is 31.7 Å². The molecule has 4 N–H and O–H groups in total. The van der Waals surface area contributed by atoms with E-state index in [9.17, 15) is 14.4 Å². The van der Waals surface area contributed by atoms with E-state index in [1.54, 1.807) is 29.2 Å². The third-order valence-electron chi connectivity index (χ3n) is 4.02. The predicted molar refractivity (Wildman–Crippen MR) is 90.1 cm³/mol. The first-order chi connectivity index (χ1) is 11.6. The number of piperidine rings is 1. The smallest absolute Gasteiger partial charge is 0.251 e. The number of benzene rings is 1. The lowest BCUT2D eigenvalue weighted by molar-refractivity contribution is -0.134. The average molecular weight is 332 g/mol. The highest BCUT2D eigenvalue weighted by Crippen LogP contribution is 2.16. The fourth-order valence-electron chi connectivity index (χ4n) is 2.72. The number of rotatable bonds is 6. The molecule has 0 radical (unpaired) electrons. The summed E-state index contributed by atoms with van der Waals surface area (Å²) in [6.07, 6.45) is 1.54. The maximum Gasteiger partial charge on any atom is 0.251 e. The van der Waals surface area contributed by atoms with Gasteiger partial charge in [-0.15, -0.1) is 0 Å². The number of amides is 3. The SMILES string of the molecule is NCCNC(=O)C1CCCN(C(=O)CNC(=O)c2ccccc2)C1. The van der Waals surface area contributed by atoms with E-state index < -0.39 is 0 Å². The molecule has 1 aliphatic rings.